The van der Waals surface area contributed by atoms with Crippen LogP contribution < -0.4 is 5.32 Å². The maximum Gasteiger partial charge on any atom is 0.227 e. The number of aromatic nitrogens is 7. The molecule has 182 valence electrons. The van der Waals surface area contributed by atoms with Crippen LogP contribution in [-0.4, -0.2) is 59.8 Å². The molecule has 0 bridgehead atoms. The van der Waals surface area contributed by atoms with Crippen LogP contribution in [0.4, 0.5) is 20.4 Å². The van der Waals surface area contributed by atoms with E-state index < -0.39 is 11.6 Å². The van der Waals surface area contributed by atoms with Gasteiger partial charge in [0.2, 0.25) is 5.95 Å². The van der Waals surface area contributed by atoms with Crippen molar-refractivity contribution in [2.24, 2.45) is 7.05 Å². The molecule has 0 radical (unpaired) electrons. The number of nitrogens with zero attached hydrogens (tertiary/aromatic N) is 8. The van der Waals surface area contributed by atoms with Gasteiger partial charge in [-0.15, -0.1) is 5.10 Å². The van der Waals surface area contributed by atoms with Gasteiger partial charge in [-0.3, -0.25) is 4.68 Å². The van der Waals surface area contributed by atoms with E-state index in [-0.39, 0.29) is 12.0 Å². The van der Waals surface area contributed by atoms with Crippen molar-refractivity contribution >= 4 is 22.7 Å². The summed E-state index contributed by atoms with van der Waals surface area (Å²) in [6, 6.07) is 11.3. The SMILES string of the molecule is CN1CC(n2nnc3cc(-c4ccnc(Nc5cnn(C)c5)n4)ccc32)[C@H](c2ccc(F)cc2F)C1. The molecule has 0 spiro atoms. The summed E-state index contributed by atoms with van der Waals surface area (Å²) in [5, 5.41) is 16.1. The van der Waals surface area contributed by atoms with E-state index in [4.69, 9.17) is 0 Å². The van der Waals surface area contributed by atoms with E-state index in [0.29, 0.717) is 30.1 Å². The summed E-state index contributed by atoms with van der Waals surface area (Å²) in [4.78, 5) is 11.0. The van der Waals surface area contributed by atoms with Crippen molar-refractivity contribution in [3.05, 3.63) is 78.3 Å². The van der Waals surface area contributed by atoms with Crippen LogP contribution in [0.5, 0.6) is 0 Å². The third-order valence-corrected chi connectivity index (χ3v) is 6.53. The van der Waals surface area contributed by atoms with E-state index in [0.717, 1.165) is 28.5 Å². The third-order valence-electron chi connectivity index (χ3n) is 6.53. The number of nitrogens with one attached hydrogen (secondary N) is 1. The molecule has 6 rings (SSSR count). The standard InChI is InChI=1S/C25H23F2N9/c1-34-13-19(18-5-4-16(26)10-20(18)27)24(14-34)36-23-6-3-15(9-22(23)32-33-36)21-7-8-28-25(31-21)30-17-11-29-35(2)12-17/h3-12,19,24H,13-14H2,1-2H3,(H,28,30,31)/t19-,24?/m0/s1. The second-order valence-electron chi connectivity index (χ2n) is 9.09. The summed E-state index contributed by atoms with van der Waals surface area (Å²) in [7, 11) is 3.82. The predicted octanol–water partition coefficient (Wildman–Crippen LogP) is 3.91. The van der Waals surface area contributed by atoms with Gasteiger partial charge in [0, 0.05) is 50.1 Å². The van der Waals surface area contributed by atoms with Crippen LogP contribution in [0.15, 0.2) is 61.1 Å². The van der Waals surface area contributed by atoms with E-state index in [9.17, 15) is 8.78 Å². The lowest BCUT2D eigenvalue weighted by Gasteiger charge is -2.20. The van der Waals surface area contributed by atoms with E-state index in [1.54, 1.807) is 17.1 Å². The Kier molecular flexibility index (Phi) is 5.41. The molecule has 1 unspecified atom stereocenters. The van der Waals surface area contributed by atoms with Gasteiger partial charge in [-0.05, 0) is 36.9 Å². The zero-order valence-electron chi connectivity index (χ0n) is 19.7. The molecule has 1 N–H and O–H groups in total. The molecule has 0 amide bonds. The van der Waals surface area contributed by atoms with Gasteiger partial charge >= 0.3 is 0 Å². The number of aryl methyl sites for hydroxylation is 1. The minimum atomic E-state index is -0.582. The van der Waals surface area contributed by atoms with Gasteiger partial charge in [0.1, 0.15) is 17.2 Å². The van der Waals surface area contributed by atoms with Gasteiger partial charge in [0.15, 0.2) is 0 Å². The molecule has 2 aromatic carbocycles. The zero-order chi connectivity index (χ0) is 24.8. The van der Waals surface area contributed by atoms with Crippen LogP contribution in [0.3, 0.4) is 0 Å². The Morgan fingerprint density at radius 1 is 1.03 bits per heavy atom. The highest BCUT2D eigenvalue weighted by molar-refractivity contribution is 5.81. The quantitative estimate of drug-likeness (QED) is 0.402. The second-order valence-corrected chi connectivity index (χ2v) is 9.09. The summed E-state index contributed by atoms with van der Waals surface area (Å²) < 4.78 is 31.7. The molecular formula is C25H23F2N9. The summed E-state index contributed by atoms with van der Waals surface area (Å²) >= 11 is 0. The van der Waals surface area contributed by atoms with Crippen LogP contribution in [0.25, 0.3) is 22.3 Å². The van der Waals surface area contributed by atoms with Crippen LogP contribution in [0, 0.1) is 11.6 Å². The van der Waals surface area contributed by atoms with E-state index in [1.165, 1.54) is 12.1 Å². The average Bonchev–Trinajstić information content (AvgIpc) is 3.57. The number of hydrogen-bond donors (Lipinski definition) is 1. The topological polar surface area (TPSA) is 89.6 Å². The molecule has 1 aliphatic rings. The van der Waals surface area contributed by atoms with Gasteiger partial charge in [-0.1, -0.05) is 17.3 Å². The molecule has 9 nitrogen and oxygen atoms in total. The number of likely N-dealkylation sites (tertiary alicyclic amines) is 1. The summed E-state index contributed by atoms with van der Waals surface area (Å²) in [5.41, 5.74) is 4.44. The third kappa shape index (κ3) is 4.07. The van der Waals surface area contributed by atoms with Crippen molar-refractivity contribution in [3.8, 4) is 11.3 Å². The molecule has 0 saturated carbocycles. The summed E-state index contributed by atoms with van der Waals surface area (Å²) in [5.74, 6) is -0.835. The van der Waals surface area contributed by atoms with Crippen LogP contribution in [0.2, 0.25) is 0 Å². The van der Waals surface area contributed by atoms with E-state index >= 15 is 0 Å². The fourth-order valence-electron chi connectivity index (χ4n) is 4.87. The largest absolute Gasteiger partial charge is 0.321 e. The zero-order valence-corrected chi connectivity index (χ0v) is 19.7. The lowest BCUT2D eigenvalue weighted by molar-refractivity contribution is 0.382. The summed E-state index contributed by atoms with van der Waals surface area (Å²) in [6.45, 7) is 1.32. The van der Waals surface area contributed by atoms with Crippen molar-refractivity contribution < 1.29 is 8.78 Å². The predicted molar refractivity (Wildman–Crippen MR) is 131 cm³/mol. The Morgan fingerprint density at radius 3 is 2.72 bits per heavy atom. The van der Waals surface area contributed by atoms with Gasteiger partial charge < -0.3 is 10.2 Å². The van der Waals surface area contributed by atoms with E-state index in [1.807, 2.05) is 49.2 Å². The van der Waals surface area contributed by atoms with Gasteiger partial charge in [0.25, 0.3) is 0 Å². The second kappa shape index (κ2) is 8.76. The first kappa shape index (κ1) is 22.2. The first-order valence-electron chi connectivity index (χ1n) is 11.5. The number of fused-ring (bicyclic) bond motifs is 1. The number of benzene rings is 2. The molecular weight excluding hydrogens is 464 g/mol. The van der Waals surface area contributed by atoms with Gasteiger partial charge in [0.05, 0.1) is 29.1 Å². The fourth-order valence-corrected chi connectivity index (χ4v) is 4.87. The molecule has 1 fully saturated rings. The van der Waals surface area contributed by atoms with Crippen molar-refractivity contribution in [3.63, 3.8) is 0 Å². The Bertz CT molecular complexity index is 1560. The van der Waals surface area contributed by atoms with Gasteiger partial charge in [-0.25, -0.2) is 23.4 Å². The molecule has 1 saturated heterocycles. The molecule has 5 aromatic rings. The minimum Gasteiger partial charge on any atom is -0.321 e. The number of hydrogen-bond acceptors (Lipinski definition) is 7. The number of halogens is 2. The smallest absolute Gasteiger partial charge is 0.227 e. The number of rotatable bonds is 5. The molecule has 1 aliphatic heterocycles. The lowest BCUT2D eigenvalue weighted by Crippen LogP contribution is -2.19. The van der Waals surface area contributed by atoms with Crippen LogP contribution in [-0.2, 0) is 7.05 Å². The number of likely N-dealkylation sites (N-methyl/N-ethyl adjacent to an activating group) is 1. The van der Waals surface area contributed by atoms with Gasteiger partial charge in [-0.2, -0.15) is 5.10 Å². The summed E-state index contributed by atoms with van der Waals surface area (Å²) in [6.07, 6.45) is 5.23. The van der Waals surface area contributed by atoms with E-state index in [2.05, 4.69) is 35.6 Å². The highest BCUT2D eigenvalue weighted by Crippen LogP contribution is 2.38. The van der Waals surface area contributed by atoms with Crippen molar-refractivity contribution in [1.29, 1.82) is 0 Å². The Balaban J connectivity index is 1.31. The maximum atomic E-state index is 14.6. The average molecular weight is 488 g/mol. The molecule has 11 heteroatoms. The monoisotopic (exact) mass is 487 g/mol. The fraction of sp³-hybridized carbons (Fsp3) is 0.240. The Hall–Kier alpha value is -4.25. The van der Waals surface area contributed by atoms with Crippen molar-refractivity contribution in [1.82, 2.24) is 39.6 Å². The highest BCUT2D eigenvalue weighted by atomic mass is 19.1. The lowest BCUT2D eigenvalue weighted by atomic mass is 9.93. The molecule has 36 heavy (non-hydrogen) atoms. The Labute approximate surface area is 205 Å². The van der Waals surface area contributed by atoms with Crippen molar-refractivity contribution in [2.75, 3.05) is 25.5 Å². The minimum absolute atomic E-state index is 0.139. The molecule has 4 heterocycles. The first-order chi connectivity index (χ1) is 17.4. The number of anilines is 2. The Morgan fingerprint density at radius 2 is 1.92 bits per heavy atom. The molecule has 0 aliphatic carbocycles. The highest BCUT2D eigenvalue weighted by Gasteiger charge is 2.36. The molecule has 2 atom stereocenters. The van der Waals surface area contributed by atoms with Crippen molar-refractivity contribution in [2.45, 2.75) is 12.0 Å². The maximum absolute atomic E-state index is 14.6. The first-order valence-corrected chi connectivity index (χ1v) is 11.5. The van der Waals surface area contributed by atoms with Crippen LogP contribution >= 0.6 is 0 Å². The normalized spacial score (nSPS) is 18.2. The van der Waals surface area contributed by atoms with Crippen LogP contribution in [0.1, 0.15) is 17.5 Å². The molecule has 3 aromatic heterocycles.